The van der Waals surface area contributed by atoms with Crippen molar-refractivity contribution in [2.24, 2.45) is 0 Å². The third kappa shape index (κ3) is 4.40. The molecule has 0 radical (unpaired) electrons. The van der Waals surface area contributed by atoms with E-state index in [2.05, 4.69) is 188 Å². The minimum absolute atomic E-state index is 0.558. The maximum Gasteiger partial charge on any atom is 0.160 e. The molecule has 2 aliphatic carbocycles. The topological polar surface area (TPSA) is 38.9 Å². The molecule has 0 unspecified atom stereocenters. The number of furan rings is 1. The maximum atomic E-state index is 6.95. The van der Waals surface area contributed by atoms with Gasteiger partial charge < -0.3 is 4.42 Å². The molecule has 0 bridgehead atoms. The zero-order chi connectivity index (χ0) is 36.8. The average molecular weight is 713 g/mol. The van der Waals surface area contributed by atoms with Crippen LogP contribution in [0.3, 0.4) is 0 Å². The molecular formula is C53H32N2O. The van der Waals surface area contributed by atoms with E-state index in [9.17, 15) is 0 Å². The van der Waals surface area contributed by atoms with Crippen LogP contribution in [0.2, 0.25) is 0 Å². The van der Waals surface area contributed by atoms with Crippen molar-refractivity contribution in [2.75, 3.05) is 0 Å². The van der Waals surface area contributed by atoms with Crippen LogP contribution >= 0.6 is 0 Å². The number of benzene rings is 8. The lowest BCUT2D eigenvalue weighted by atomic mass is 9.72. The van der Waals surface area contributed by atoms with Gasteiger partial charge in [-0.05, 0) is 79.5 Å². The fourth-order valence-corrected chi connectivity index (χ4v) is 9.36. The standard InChI is InChI=1S/C53H32N2O/c1-2-13-35(14-3-1)47-32-48(39-27-24-33-12-4-5-15-37(33)30-39)55-52(54-47)36-25-22-34(23-26-36)38-28-29-42-46(31-38)53(51-50(42)43-18-8-11-21-49(43)56-51)44-19-9-6-16-40(44)41-17-7-10-20-45(41)53/h1-32H. The third-order valence-electron chi connectivity index (χ3n) is 11.9. The summed E-state index contributed by atoms with van der Waals surface area (Å²) >= 11 is 0. The number of rotatable bonds is 4. The van der Waals surface area contributed by atoms with Crippen LogP contribution in [0.4, 0.5) is 0 Å². The van der Waals surface area contributed by atoms with Crippen molar-refractivity contribution in [3.63, 3.8) is 0 Å². The largest absolute Gasteiger partial charge is 0.459 e. The van der Waals surface area contributed by atoms with E-state index in [1.165, 1.54) is 49.7 Å². The van der Waals surface area contributed by atoms with E-state index < -0.39 is 5.41 Å². The molecule has 0 fully saturated rings. The molecule has 260 valence electrons. The molecule has 2 aromatic heterocycles. The first-order valence-electron chi connectivity index (χ1n) is 19.1. The molecule has 0 saturated heterocycles. The van der Waals surface area contributed by atoms with Gasteiger partial charge in [-0.1, -0.05) is 170 Å². The number of hydrogen-bond donors (Lipinski definition) is 0. The maximum absolute atomic E-state index is 6.95. The Kier molecular flexibility index (Phi) is 6.55. The first kappa shape index (κ1) is 31.0. The van der Waals surface area contributed by atoms with Crippen molar-refractivity contribution in [1.29, 1.82) is 0 Å². The number of nitrogens with zero attached hydrogens (tertiary/aromatic N) is 2. The molecule has 8 aromatic carbocycles. The highest BCUT2D eigenvalue weighted by atomic mass is 16.3. The second-order valence-electron chi connectivity index (χ2n) is 14.9. The Morgan fingerprint density at radius 3 is 1.77 bits per heavy atom. The van der Waals surface area contributed by atoms with Gasteiger partial charge in [-0.3, -0.25) is 0 Å². The molecule has 56 heavy (non-hydrogen) atoms. The summed E-state index contributed by atoms with van der Waals surface area (Å²) in [6.07, 6.45) is 0. The lowest BCUT2D eigenvalue weighted by molar-refractivity contribution is 0.507. The van der Waals surface area contributed by atoms with Crippen LogP contribution in [0, 0.1) is 0 Å². The summed E-state index contributed by atoms with van der Waals surface area (Å²) in [6, 6.07) is 69.3. The molecule has 0 aliphatic heterocycles. The second kappa shape index (κ2) is 11.8. The Bertz CT molecular complexity index is 3150. The van der Waals surface area contributed by atoms with Crippen LogP contribution in [-0.4, -0.2) is 9.97 Å². The van der Waals surface area contributed by atoms with Gasteiger partial charge in [0.15, 0.2) is 5.82 Å². The highest BCUT2D eigenvalue weighted by Gasteiger charge is 2.55. The number of para-hydroxylation sites is 1. The predicted molar refractivity (Wildman–Crippen MR) is 227 cm³/mol. The summed E-state index contributed by atoms with van der Waals surface area (Å²) in [5.41, 5.74) is 16.3. The van der Waals surface area contributed by atoms with Gasteiger partial charge in [-0.25, -0.2) is 9.97 Å². The Balaban J connectivity index is 1.00. The van der Waals surface area contributed by atoms with Gasteiger partial charge >= 0.3 is 0 Å². The van der Waals surface area contributed by atoms with Gasteiger partial charge in [0, 0.05) is 27.6 Å². The summed E-state index contributed by atoms with van der Waals surface area (Å²) in [4.78, 5) is 10.3. The SMILES string of the molecule is c1ccc(-c2cc(-c3ccc4ccccc4c3)nc(-c3ccc(-c4ccc5c(c4)C4(c6ccccc6-c6ccccc64)c4oc6ccccc6c4-5)cc3)n2)cc1. The van der Waals surface area contributed by atoms with Gasteiger partial charge in [0.25, 0.3) is 0 Å². The summed E-state index contributed by atoms with van der Waals surface area (Å²) in [5, 5.41) is 3.55. The van der Waals surface area contributed by atoms with Crippen molar-refractivity contribution in [1.82, 2.24) is 9.97 Å². The van der Waals surface area contributed by atoms with Crippen LogP contribution in [0.25, 0.3) is 89.0 Å². The van der Waals surface area contributed by atoms with Crippen LogP contribution in [0.1, 0.15) is 22.5 Å². The van der Waals surface area contributed by atoms with Gasteiger partial charge in [0.05, 0.1) is 11.4 Å². The minimum atomic E-state index is -0.558. The molecular weight excluding hydrogens is 681 g/mol. The molecule has 3 heteroatoms. The van der Waals surface area contributed by atoms with Gasteiger partial charge in [0.1, 0.15) is 16.8 Å². The molecule has 0 atom stereocenters. The Hall–Kier alpha value is -7.36. The first-order valence-corrected chi connectivity index (χ1v) is 19.1. The molecule has 2 aliphatic rings. The highest BCUT2D eigenvalue weighted by Crippen LogP contribution is 2.64. The molecule has 2 heterocycles. The fourth-order valence-electron chi connectivity index (χ4n) is 9.36. The predicted octanol–water partition coefficient (Wildman–Crippen LogP) is 13.4. The summed E-state index contributed by atoms with van der Waals surface area (Å²) < 4.78 is 6.95. The van der Waals surface area contributed by atoms with Crippen molar-refractivity contribution < 1.29 is 4.42 Å². The first-order chi connectivity index (χ1) is 27.7. The number of fused-ring (bicyclic) bond motifs is 13. The van der Waals surface area contributed by atoms with Gasteiger partial charge in [0.2, 0.25) is 0 Å². The molecule has 1 spiro atoms. The van der Waals surface area contributed by atoms with E-state index in [-0.39, 0.29) is 0 Å². The van der Waals surface area contributed by atoms with Gasteiger partial charge in [-0.15, -0.1) is 0 Å². The lowest BCUT2D eigenvalue weighted by Gasteiger charge is -2.28. The Morgan fingerprint density at radius 2 is 0.982 bits per heavy atom. The minimum Gasteiger partial charge on any atom is -0.459 e. The van der Waals surface area contributed by atoms with Crippen LogP contribution < -0.4 is 0 Å². The molecule has 3 nitrogen and oxygen atoms in total. The van der Waals surface area contributed by atoms with E-state index in [1.54, 1.807) is 0 Å². The van der Waals surface area contributed by atoms with Crippen molar-refractivity contribution in [3.8, 4) is 67.3 Å². The quantitative estimate of drug-likeness (QED) is 0.182. The van der Waals surface area contributed by atoms with Crippen molar-refractivity contribution in [2.45, 2.75) is 5.41 Å². The van der Waals surface area contributed by atoms with E-state index in [0.29, 0.717) is 5.82 Å². The summed E-state index contributed by atoms with van der Waals surface area (Å²) in [5.74, 6) is 1.71. The summed E-state index contributed by atoms with van der Waals surface area (Å²) in [6.45, 7) is 0. The van der Waals surface area contributed by atoms with Crippen LogP contribution in [0.15, 0.2) is 199 Å². The monoisotopic (exact) mass is 712 g/mol. The third-order valence-corrected chi connectivity index (χ3v) is 11.9. The van der Waals surface area contributed by atoms with E-state index >= 15 is 0 Å². The molecule has 0 saturated carbocycles. The molecule has 0 N–H and O–H groups in total. The molecule has 0 amide bonds. The highest BCUT2D eigenvalue weighted by molar-refractivity contribution is 6.05. The average Bonchev–Trinajstić information content (AvgIpc) is 3.90. The Morgan fingerprint density at radius 1 is 0.375 bits per heavy atom. The summed E-state index contributed by atoms with van der Waals surface area (Å²) in [7, 11) is 0. The van der Waals surface area contributed by atoms with E-state index in [4.69, 9.17) is 14.4 Å². The zero-order valence-electron chi connectivity index (χ0n) is 30.3. The Labute approximate surface area is 324 Å². The molecule has 12 rings (SSSR count). The second-order valence-corrected chi connectivity index (χ2v) is 14.9. The van der Waals surface area contributed by atoms with E-state index in [1.807, 2.05) is 6.07 Å². The smallest absolute Gasteiger partial charge is 0.160 e. The molecule has 10 aromatic rings. The van der Waals surface area contributed by atoms with Crippen LogP contribution in [-0.2, 0) is 5.41 Å². The fraction of sp³-hybridized carbons (Fsp3) is 0.0189. The van der Waals surface area contributed by atoms with Gasteiger partial charge in [-0.2, -0.15) is 0 Å². The van der Waals surface area contributed by atoms with Crippen molar-refractivity contribution in [3.05, 3.63) is 217 Å². The normalized spacial score (nSPS) is 13.1. The zero-order valence-corrected chi connectivity index (χ0v) is 30.3. The number of hydrogen-bond acceptors (Lipinski definition) is 3. The van der Waals surface area contributed by atoms with E-state index in [0.717, 1.165) is 55.9 Å². The van der Waals surface area contributed by atoms with Crippen LogP contribution in [0.5, 0.6) is 0 Å². The number of aromatic nitrogens is 2. The van der Waals surface area contributed by atoms with Crippen molar-refractivity contribution >= 4 is 21.7 Å². The lowest BCUT2D eigenvalue weighted by Crippen LogP contribution is -2.25.